The summed E-state index contributed by atoms with van der Waals surface area (Å²) >= 11 is 0. The van der Waals surface area contributed by atoms with Crippen LogP contribution in [0.4, 0.5) is 5.69 Å². The van der Waals surface area contributed by atoms with Gasteiger partial charge in [0.2, 0.25) is 0 Å². The molecule has 0 fully saturated rings. The van der Waals surface area contributed by atoms with Gasteiger partial charge in [0.25, 0.3) is 0 Å². The maximum absolute atomic E-state index is 7.19. The fourth-order valence-electron chi connectivity index (χ4n) is 5.56. The molecule has 1 unspecified atom stereocenters. The predicted octanol–water partition coefficient (Wildman–Crippen LogP) is 6.98. The van der Waals surface area contributed by atoms with Gasteiger partial charge in [0.15, 0.2) is 5.60 Å². The highest BCUT2D eigenvalue weighted by molar-refractivity contribution is 5.87. The van der Waals surface area contributed by atoms with Gasteiger partial charge < -0.3 is 18.8 Å². The molecule has 1 atom stereocenters. The van der Waals surface area contributed by atoms with Crippen molar-refractivity contribution >= 4 is 11.2 Å². The van der Waals surface area contributed by atoms with Crippen molar-refractivity contribution < 1.29 is 9.47 Å². The zero-order valence-electron chi connectivity index (χ0n) is 21.4. The molecule has 4 heteroatoms. The van der Waals surface area contributed by atoms with E-state index in [2.05, 4.69) is 116 Å². The SMILES string of the molecule is COc1ccc(C2(c3ccc(N(C)C)cc3)Oc3ccc(C)cc3-c3c(C)c4ccccn4c32)cc1. The molecule has 0 aliphatic carbocycles. The van der Waals surface area contributed by atoms with Crippen molar-refractivity contribution in [1.82, 2.24) is 4.40 Å². The molecule has 5 aromatic rings. The first-order chi connectivity index (χ1) is 17.4. The van der Waals surface area contributed by atoms with Gasteiger partial charge in [-0.25, -0.2) is 0 Å². The minimum atomic E-state index is -0.854. The highest BCUT2D eigenvalue weighted by atomic mass is 16.5. The Morgan fingerprint density at radius 1 is 0.833 bits per heavy atom. The highest BCUT2D eigenvalue weighted by Crippen LogP contribution is 2.54. The van der Waals surface area contributed by atoms with Crippen LogP contribution in [0.15, 0.2) is 91.1 Å². The van der Waals surface area contributed by atoms with Gasteiger partial charge in [0.05, 0.1) is 12.8 Å². The summed E-state index contributed by atoms with van der Waals surface area (Å²) in [5, 5.41) is 0. The largest absolute Gasteiger partial charge is 0.497 e. The number of aromatic nitrogens is 1. The van der Waals surface area contributed by atoms with Crippen LogP contribution in [-0.4, -0.2) is 25.6 Å². The molecular weight excluding hydrogens is 444 g/mol. The van der Waals surface area contributed by atoms with Crippen LogP contribution in [0.2, 0.25) is 0 Å². The first-order valence-corrected chi connectivity index (χ1v) is 12.3. The molecular formula is C32H30N2O2. The minimum absolute atomic E-state index is 0.820. The van der Waals surface area contributed by atoms with Gasteiger partial charge in [-0.05, 0) is 67.9 Å². The Balaban J connectivity index is 1.76. The number of anilines is 1. The molecule has 4 nitrogen and oxygen atoms in total. The highest BCUT2D eigenvalue weighted by Gasteiger charge is 2.47. The minimum Gasteiger partial charge on any atom is -0.497 e. The van der Waals surface area contributed by atoms with Crippen LogP contribution in [0.25, 0.3) is 16.6 Å². The summed E-state index contributed by atoms with van der Waals surface area (Å²) < 4.78 is 15.0. The third-order valence-corrected chi connectivity index (χ3v) is 7.38. The van der Waals surface area contributed by atoms with Crippen LogP contribution in [0.3, 0.4) is 0 Å². The molecule has 0 radical (unpaired) electrons. The maximum Gasteiger partial charge on any atom is 0.200 e. The predicted molar refractivity (Wildman–Crippen MR) is 147 cm³/mol. The van der Waals surface area contributed by atoms with E-state index in [1.165, 1.54) is 22.2 Å². The van der Waals surface area contributed by atoms with Crippen molar-refractivity contribution in [3.63, 3.8) is 0 Å². The average molecular weight is 475 g/mol. The van der Waals surface area contributed by atoms with Crippen LogP contribution in [-0.2, 0) is 5.60 Å². The van der Waals surface area contributed by atoms with E-state index in [0.29, 0.717) is 0 Å². The normalized spacial score (nSPS) is 16.2. The van der Waals surface area contributed by atoms with Gasteiger partial charge in [0, 0.05) is 53.8 Å². The lowest BCUT2D eigenvalue weighted by Gasteiger charge is -2.40. The van der Waals surface area contributed by atoms with Crippen LogP contribution in [0.5, 0.6) is 11.5 Å². The standard InChI is InChI=1S/C32H30N2O2/c1-21-9-18-29-27(20-21)30-22(2)28-8-6-7-19-34(28)31(30)32(36-29,24-12-16-26(35-5)17-13-24)23-10-14-25(15-11-23)33(3)4/h6-20H,1-5H3. The summed E-state index contributed by atoms with van der Waals surface area (Å²) in [5.74, 6) is 1.71. The number of methoxy groups -OCH3 is 1. The van der Waals surface area contributed by atoms with E-state index in [1.54, 1.807) is 7.11 Å². The maximum atomic E-state index is 7.19. The fraction of sp³-hybridized carbons (Fsp3) is 0.188. The van der Waals surface area contributed by atoms with Gasteiger partial charge in [0.1, 0.15) is 11.5 Å². The van der Waals surface area contributed by atoms with Gasteiger partial charge in [-0.15, -0.1) is 0 Å². The molecule has 2 aromatic heterocycles. The van der Waals surface area contributed by atoms with E-state index in [-0.39, 0.29) is 0 Å². The zero-order valence-corrected chi connectivity index (χ0v) is 21.4. The van der Waals surface area contributed by atoms with Gasteiger partial charge in [-0.2, -0.15) is 0 Å². The van der Waals surface area contributed by atoms with Crippen LogP contribution in [0, 0.1) is 13.8 Å². The molecule has 36 heavy (non-hydrogen) atoms. The second kappa shape index (κ2) is 8.20. The monoisotopic (exact) mass is 474 g/mol. The molecule has 0 spiro atoms. The quantitative estimate of drug-likeness (QED) is 0.281. The lowest BCUT2D eigenvalue weighted by atomic mass is 9.77. The molecule has 6 rings (SSSR count). The summed E-state index contributed by atoms with van der Waals surface area (Å²) in [6.45, 7) is 4.36. The zero-order chi connectivity index (χ0) is 25.0. The number of rotatable bonds is 4. The number of nitrogens with zero attached hydrogens (tertiary/aromatic N) is 2. The number of ether oxygens (including phenoxy) is 2. The van der Waals surface area contributed by atoms with Crippen LogP contribution >= 0.6 is 0 Å². The van der Waals surface area contributed by atoms with Crippen molar-refractivity contribution in [3.05, 3.63) is 119 Å². The number of pyridine rings is 1. The third kappa shape index (κ3) is 3.14. The molecule has 0 saturated heterocycles. The van der Waals surface area contributed by atoms with Gasteiger partial charge >= 0.3 is 0 Å². The smallest absolute Gasteiger partial charge is 0.200 e. The van der Waals surface area contributed by atoms with Crippen molar-refractivity contribution in [2.75, 3.05) is 26.1 Å². The fourth-order valence-corrected chi connectivity index (χ4v) is 5.56. The Hall–Kier alpha value is -4.18. The summed E-state index contributed by atoms with van der Waals surface area (Å²) in [6, 6.07) is 29.9. The van der Waals surface area contributed by atoms with E-state index in [1.807, 2.05) is 12.1 Å². The first kappa shape index (κ1) is 22.3. The Kier molecular flexibility index (Phi) is 5.08. The third-order valence-electron chi connectivity index (χ3n) is 7.38. The van der Waals surface area contributed by atoms with Crippen LogP contribution in [0.1, 0.15) is 27.9 Å². The number of fused-ring (bicyclic) bond motifs is 5. The first-order valence-electron chi connectivity index (χ1n) is 12.3. The van der Waals surface area contributed by atoms with Crippen molar-refractivity contribution in [3.8, 4) is 22.6 Å². The van der Waals surface area contributed by atoms with Gasteiger partial charge in [-0.1, -0.05) is 42.0 Å². The molecule has 3 heterocycles. The Morgan fingerprint density at radius 3 is 2.19 bits per heavy atom. The van der Waals surface area contributed by atoms with E-state index in [4.69, 9.17) is 9.47 Å². The molecule has 1 aliphatic rings. The summed E-state index contributed by atoms with van der Waals surface area (Å²) in [7, 11) is 5.82. The summed E-state index contributed by atoms with van der Waals surface area (Å²) in [5.41, 5.74) is 9.57. The Labute approximate surface area is 212 Å². The molecule has 0 amide bonds. The van der Waals surface area contributed by atoms with Crippen molar-refractivity contribution in [2.45, 2.75) is 19.4 Å². The Morgan fingerprint density at radius 2 is 1.53 bits per heavy atom. The molecule has 0 bridgehead atoms. The number of hydrogen-bond donors (Lipinski definition) is 0. The average Bonchev–Trinajstić information content (AvgIpc) is 3.22. The van der Waals surface area contributed by atoms with E-state index >= 15 is 0 Å². The Bertz CT molecular complexity index is 1580. The van der Waals surface area contributed by atoms with Crippen LogP contribution < -0.4 is 14.4 Å². The summed E-state index contributed by atoms with van der Waals surface area (Å²) in [4.78, 5) is 2.12. The summed E-state index contributed by atoms with van der Waals surface area (Å²) in [6.07, 6.45) is 2.15. The lowest BCUT2D eigenvalue weighted by Crippen LogP contribution is -2.40. The second-order valence-corrected chi connectivity index (χ2v) is 9.76. The van der Waals surface area contributed by atoms with Crippen molar-refractivity contribution in [2.24, 2.45) is 0 Å². The van der Waals surface area contributed by atoms with E-state index < -0.39 is 5.60 Å². The van der Waals surface area contributed by atoms with Crippen molar-refractivity contribution in [1.29, 1.82) is 0 Å². The molecule has 0 saturated carbocycles. The van der Waals surface area contributed by atoms with E-state index in [0.717, 1.165) is 39.6 Å². The molecule has 1 aliphatic heterocycles. The van der Waals surface area contributed by atoms with E-state index in [9.17, 15) is 0 Å². The lowest BCUT2D eigenvalue weighted by molar-refractivity contribution is 0.146. The number of aryl methyl sites for hydroxylation is 2. The number of hydrogen-bond acceptors (Lipinski definition) is 3. The van der Waals surface area contributed by atoms with Gasteiger partial charge in [-0.3, -0.25) is 0 Å². The second-order valence-electron chi connectivity index (χ2n) is 9.76. The molecule has 180 valence electrons. The topological polar surface area (TPSA) is 26.1 Å². The molecule has 3 aromatic carbocycles. The molecule has 0 N–H and O–H groups in total. The number of benzene rings is 3.